The minimum Gasteiger partial charge on any atom is -0.372 e. The number of aryl methyl sites for hydroxylation is 1. The van der Waals surface area contributed by atoms with Gasteiger partial charge >= 0.3 is 0 Å². The Kier molecular flexibility index (Phi) is 4.41. The molecule has 0 spiro atoms. The fourth-order valence-electron chi connectivity index (χ4n) is 6.58. The highest BCUT2D eigenvalue weighted by Crippen LogP contribution is 2.37. The highest BCUT2D eigenvalue weighted by atomic mass is 16.1. The number of hydrogen-bond donors (Lipinski definition) is 2. The maximum Gasteiger partial charge on any atom is 0.252 e. The fourth-order valence-corrected chi connectivity index (χ4v) is 6.58. The first kappa shape index (κ1) is 19.4. The smallest absolute Gasteiger partial charge is 0.252 e. The van der Waals surface area contributed by atoms with E-state index in [0.29, 0.717) is 6.54 Å². The normalized spacial score (nSPS) is 22.6. The molecule has 0 saturated carbocycles. The molecule has 3 aliphatic heterocycles. The van der Waals surface area contributed by atoms with Gasteiger partial charge in [-0.25, -0.2) is 0 Å². The Balaban J connectivity index is 1.44. The van der Waals surface area contributed by atoms with Crippen molar-refractivity contribution in [3.63, 3.8) is 0 Å². The van der Waals surface area contributed by atoms with Crippen molar-refractivity contribution in [3.8, 4) is 0 Å². The van der Waals surface area contributed by atoms with Crippen LogP contribution in [0.1, 0.15) is 47.2 Å². The number of nitrogens with zero attached hydrogens (tertiary/aromatic N) is 2. The SMILES string of the molecule is O=C1NCc2c1c1c(c3c2c2c(n3CCCN3CCCCC3)=CC=CC2)NC2C=CC=CC=12. The Morgan fingerprint density at radius 2 is 1.94 bits per heavy atom. The Hall–Kier alpha value is -3.05. The third kappa shape index (κ3) is 2.85. The molecule has 1 unspecified atom stereocenters. The number of amides is 1. The van der Waals surface area contributed by atoms with Gasteiger partial charge in [-0.05, 0) is 68.1 Å². The summed E-state index contributed by atoms with van der Waals surface area (Å²) >= 11 is 0. The lowest BCUT2D eigenvalue weighted by molar-refractivity contribution is 0.0965. The summed E-state index contributed by atoms with van der Waals surface area (Å²) in [5.41, 5.74) is 7.15. The molecule has 1 amide bonds. The molecule has 1 atom stereocenters. The molecule has 0 bridgehead atoms. The Labute approximate surface area is 193 Å². The number of carbonyl (C=O) groups excluding carboxylic acids is 1. The van der Waals surface area contributed by atoms with E-state index in [1.165, 1.54) is 65.3 Å². The summed E-state index contributed by atoms with van der Waals surface area (Å²) in [6, 6.07) is 0.143. The summed E-state index contributed by atoms with van der Waals surface area (Å²) in [6.45, 7) is 5.29. The van der Waals surface area contributed by atoms with Gasteiger partial charge in [0.2, 0.25) is 0 Å². The number of anilines is 1. The maximum absolute atomic E-state index is 13.0. The summed E-state index contributed by atoms with van der Waals surface area (Å²) in [4.78, 5) is 15.7. The standard InChI is InChI=1S/C28H30N4O/c33-28-25-20(17-29-28)23-19-10-3-5-12-22(19)32(16-8-15-31-13-6-1-7-14-31)27(23)26-24(25)18-9-2-4-11-21(18)30-26/h2-5,9,11-12,21,30H,1,6-8,10,13-17H2,(H,29,33). The fraction of sp³-hybridized carbons (Fsp3) is 0.393. The quantitative estimate of drug-likeness (QED) is 0.772. The van der Waals surface area contributed by atoms with E-state index in [9.17, 15) is 4.79 Å². The number of allylic oxidation sites excluding steroid dienone is 4. The molecular formula is C28H30N4O. The molecule has 1 saturated heterocycles. The second kappa shape index (κ2) is 7.49. The molecule has 2 aliphatic carbocycles. The number of benzene rings is 1. The van der Waals surface area contributed by atoms with E-state index in [1.807, 2.05) is 0 Å². The Morgan fingerprint density at radius 3 is 2.85 bits per heavy atom. The zero-order valence-corrected chi connectivity index (χ0v) is 19.0. The molecule has 168 valence electrons. The number of piperidine rings is 1. The van der Waals surface area contributed by atoms with Crippen molar-refractivity contribution >= 4 is 34.1 Å². The van der Waals surface area contributed by atoms with Crippen LogP contribution in [0, 0.1) is 0 Å². The monoisotopic (exact) mass is 438 g/mol. The van der Waals surface area contributed by atoms with Crippen molar-refractivity contribution in [2.75, 3.05) is 25.0 Å². The van der Waals surface area contributed by atoms with Gasteiger partial charge in [0, 0.05) is 29.0 Å². The molecule has 2 aromatic rings. The molecular weight excluding hydrogens is 408 g/mol. The summed E-state index contributed by atoms with van der Waals surface area (Å²) in [7, 11) is 0. The first-order chi connectivity index (χ1) is 16.3. The number of carbonyl (C=O) groups is 1. The number of likely N-dealkylation sites (tertiary alicyclic amines) is 1. The van der Waals surface area contributed by atoms with Crippen molar-refractivity contribution in [1.82, 2.24) is 14.8 Å². The van der Waals surface area contributed by atoms with E-state index in [0.717, 1.165) is 42.4 Å². The summed E-state index contributed by atoms with van der Waals surface area (Å²) < 4.78 is 2.55. The minimum absolute atomic E-state index is 0.0722. The average Bonchev–Trinajstić information content (AvgIpc) is 3.52. The second-order valence-electron chi connectivity index (χ2n) is 9.90. The van der Waals surface area contributed by atoms with Crippen LogP contribution in [0.2, 0.25) is 0 Å². The van der Waals surface area contributed by atoms with Crippen LogP contribution in [0.4, 0.5) is 5.69 Å². The van der Waals surface area contributed by atoms with Crippen molar-refractivity contribution in [3.05, 3.63) is 63.7 Å². The van der Waals surface area contributed by atoms with E-state index in [-0.39, 0.29) is 11.9 Å². The number of hydrogen-bond acceptors (Lipinski definition) is 3. The third-order valence-corrected chi connectivity index (χ3v) is 8.03. The lowest BCUT2D eigenvalue weighted by Crippen LogP contribution is -2.32. The van der Waals surface area contributed by atoms with Crippen LogP contribution < -0.4 is 21.2 Å². The first-order valence-electron chi connectivity index (χ1n) is 12.5. The van der Waals surface area contributed by atoms with Gasteiger partial charge in [-0.2, -0.15) is 0 Å². The van der Waals surface area contributed by atoms with Crippen LogP contribution in [0.15, 0.2) is 36.5 Å². The minimum atomic E-state index is 0.0722. The van der Waals surface area contributed by atoms with Crippen LogP contribution >= 0.6 is 0 Å². The molecule has 5 aliphatic rings. The highest BCUT2D eigenvalue weighted by molar-refractivity contribution is 6.11. The van der Waals surface area contributed by atoms with Gasteiger partial charge in [0.1, 0.15) is 0 Å². The highest BCUT2D eigenvalue weighted by Gasteiger charge is 2.35. The van der Waals surface area contributed by atoms with Crippen LogP contribution in [0.25, 0.3) is 22.6 Å². The van der Waals surface area contributed by atoms with Crippen molar-refractivity contribution in [2.24, 2.45) is 0 Å². The molecule has 0 radical (unpaired) electrons. The molecule has 2 N–H and O–H groups in total. The van der Waals surface area contributed by atoms with Gasteiger partial charge in [-0.1, -0.05) is 42.9 Å². The van der Waals surface area contributed by atoms with E-state index < -0.39 is 0 Å². The number of rotatable bonds is 4. The van der Waals surface area contributed by atoms with Gasteiger partial charge in [0.15, 0.2) is 0 Å². The summed E-state index contributed by atoms with van der Waals surface area (Å²) in [5, 5.41) is 10.7. The number of aromatic nitrogens is 1. The third-order valence-electron chi connectivity index (χ3n) is 8.03. The zero-order chi connectivity index (χ0) is 21.9. The maximum atomic E-state index is 13.0. The van der Waals surface area contributed by atoms with E-state index in [2.05, 4.69) is 62.6 Å². The lowest BCUT2D eigenvalue weighted by atomic mass is 9.94. The van der Waals surface area contributed by atoms with Crippen LogP contribution in [-0.4, -0.2) is 41.1 Å². The largest absolute Gasteiger partial charge is 0.372 e. The predicted molar refractivity (Wildman–Crippen MR) is 134 cm³/mol. The van der Waals surface area contributed by atoms with E-state index in [4.69, 9.17) is 0 Å². The van der Waals surface area contributed by atoms with Gasteiger partial charge in [0.25, 0.3) is 5.91 Å². The average molecular weight is 439 g/mol. The molecule has 1 fully saturated rings. The second-order valence-corrected chi connectivity index (χ2v) is 9.90. The molecule has 4 heterocycles. The van der Waals surface area contributed by atoms with Gasteiger partial charge in [-0.15, -0.1) is 0 Å². The van der Waals surface area contributed by atoms with Crippen molar-refractivity contribution < 1.29 is 4.79 Å². The number of fused-ring (bicyclic) bond motifs is 9. The van der Waals surface area contributed by atoms with Gasteiger partial charge in [0.05, 0.1) is 22.8 Å². The summed E-state index contributed by atoms with van der Waals surface area (Å²) in [6.07, 6.45) is 21.4. The lowest BCUT2D eigenvalue weighted by Gasteiger charge is -2.26. The molecule has 33 heavy (non-hydrogen) atoms. The van der Waals surface area contributed by atoms with E-state index in [1.54, 1.807) is 0 Å². The molecule has 5 nitrogen and oxygen atoms in total. The van der Waals surface area contributed by atoms with Gasteiger partial charge < -0.3 is 20.1 Å². The molecule has 7 rings (SSSR count). The topological polar surface area (TPSA) is 49.3 Å². The predicted octanol–water partition coefficient (Wildman–Crippen LogP) is 2.72. The molecule has 1 aromatic carbocycles. The van der Waals surface area contributed by atoms with Crippen LogP contribution in [-0.2, 0) is 19.5 Å². The zero-order valence-electron chi connectivity index (χ0n) is 19.0. The van der Waals surface area contributed by atoms with Gasteiger partial charge in [-0.3, -0.25) is 4.79 Å². The Bertz CT molecular complexity index is 1400. The van der Waals surface area contributed by atoms with Crippen molar-refractivity contribution in [2.45, 2.75) is 51.2 Å². The summed E-state index contributed by atoms with van der Waals surface area (Å²) in [5.74, 6) is 0.0722. The molecule has 1 aromatic heterocycles. The van der Waals surface area contributed by atoms with Crippen LogP contribution in [0.5, 0.6) is 0 Å². The molecule has 5 heteroatoms. The Morgan fingerprint density at radius 1 is 1.03 bits per heavy atom. The number of nitrogens with one attached hydrogen (secondary N) is 2. The van der Waals surface area contributed by atoms with Crippen molar-refractivity contribution in [1.29, 1.82) is 0 Å². The van der Waals surface area contributed by atoms with Crippen LogP contribution in [0.3, 0.4) is 0 Å². The van der Waals surface area contributed by atoms with E-state index >= 15 is 0 Å². The first-order valence-corrected chi connectivity index (χ1v) is 12.5.